The summed E-state index contributed by atoms with van der Waals surface area (Å²) in [5, 5.41) is 0. The Morgan fingerprint density at radius 3 is 2.42 bits per heavy atom. The number of nitrogens with one attached hydrogen (secondary N) is 1. The van der Waals surface area contributed by atoms with Gasteiger partial charge in [-0.25, -0.2) is 0 Å². The monoisotopic (exact) mass is 169 g/mol. The van der Waals surface area contributed by atoms with Gasteiger partial charge in [0.1, 0.15) is 0 Å². The Kier molecular flexibility index (Phi) is 2.95. The molecule has 5 nitrogen and oxygen atoms in total. The Labute approximate surface area is 70.2 Å². The van der Waals surface area contributed by atoms with E-state index in [0.717, 1.165) is 0 Å². The van der Waals surface area contributed by atoms with Gasteiger partial charge in [0.25, 0.3) is 11.8 Å². The van der Waals surface area contributed by atoms with E-state index in [4.69, 9.17) is 5.84 Å². The van der Waals surface area contributed by atoms with E-state index < -0.39 is 0 Å². The summed E-state index contributed by atoms with van der Waals surface area (Å²) in [6.07, 6.45) is 3.23. The van der Waals surface area contributed by atoms with Crippen LogP contribution in [0, 0.1) is 0 Å². The molecule has 1 heterocycles. The van der Waals surface area contributed by atoms with Gasteiger partial charge in [0.15, 0.2) is 0 Å². The first-order valence-electron chi connectivity index (χ1n) is 3.72. The molecule has 0 aromatic heterocycles. The molecule has 0 saturated carbocycles. The third-order valence-corrected chi connectivity index (χ3v) is 1.60. The second kappa shape index (κ2) is 3.99. The fraction of sp³-hybridized carbons (Fsp3) is 0.429. The minimum Gasteiger partial charge on any atom is -0.275 e. The standard InChI is InChI=1S/C7H11N3O2/c8-9-4-1-5-10-6(11)2-3-7(10)12/h2-3,9H,1,4-5,8H2. The number of carbonyl (C=O) groups excluding carboxylic acids is 2. The van der Waals surface area contributed by atoms with Crippen molar-refractivity contribution in [1.29, 1.82) is 0 Å². The number of imide groups is 1. The van der Waals surface area contributed by atoms with Crippen LogP contribution in [0.2, 0.25) is 0 Å². The molecule has 1 aliphatic heterocycles. The average molecular weight is 169 g/mol. The van der Waals surface area contributed by atoms with Crippen molar-refractivity contribution in [1.82, 2.24) is 10.3 Å². The van der Waals surface area contributed by atoms with Gasteiger partial charge in [-0.1, -0.05) is 0 Å². The predicted octanol–water partition coefficient (Wildman–Crippen LogP) is -1.24. The number of nitrogens with two attached hydrogens (primary N) is 1. The lowest BCUT2D eigenvalue weighted by molar-refractivity contribution is -0.136. The third kappa shape index (κ3) is 1.90. The fourth-order valence-corrected chi connectivity index (χ4v) is 0.991. The summed E-state index contributed by atoms with van der Waals surface area (Å²) >= 11 is 0. The minimum absolute atomic E-state index is 0.239. The van der Waals surface area contributed by atoms with E-state index in [-0.39, 0.29) is 11.8 Å². The van der Waals surface area contributed by atoms with E-state index in [2.05, 4.69) is 5.43 Å². The summed E-state index contributed by atoms with van der Waals surface area (Å²) in [6.45, 7) is 1.02. The Morgan fingerprint density at radius 1 is 1.33 bits per heavy atom. The van der Waals surface area contributed by atoms with Crippen LogP contribution < -0.4 is 11.3 Å². The zero-order valence-electron chi connectivity index (χ0n) is 6.62. The quantitative estimate of drug-likeness (QED) is 0.239. The number of hydrazine groups is 1. The van der Waals surface area contributed by atoms with Crippen molar-refractivity contribution in [3.05, 3.63) is 12.2 Å². The lowest BCUT2D eigenvalue weighted by Gasteiger charge is -2.12. The molecule has 0 aromatic carbocycles. The molecular formula is C7H11N3O2. The van der Waals surface area contributed by atoms with Gasteiger partial charge in [-0.15, -0.1) is 0 Å². The predicted molar refractivity (Wildman–Crippen MR) is 42.7 cm³/mol. The zero-order chi connectivity index (χ0) is 8.97. The van der Waals surface area contributed by atoms with Gasteiger partial charge < -0.3 is 0 Å². The normalized spacial score (nSPS) is 16.2. The molecule has 0 atom stereocenters. The van der Waals surface area contributed by atoms with Crippen LogP contribution >= 0.6 is 0 Å². The van der Waals surface area contributed by atoms with Crippen molar-refractivity contribution in [2.45, 2.75) is 6.42 Å². The van der Waals surface area contributed by atoms with Crippen molar-refractivity contribution in [3.63, 3.8) is 0 Å². The lowest BCUT2D eigenvalue weighted by Crippen LogP contribution is -2.33. The molecule has 5 heteroatoms. The Balaban J connectivity index is 2.33. The van der Waals surface area contributed by atoms with Crippen molar-refractivity contribution in [3.8, 4) is 0 Å². The van der Waals surface area contributed by atoms with Gasteiger partial charge in [-0.05, 0) is 6.42 Å². The molecule has 12 heavy (non-hydrogen) atoms. The first-order valence-corrected chi connectivity index (χ1v) is 3.72. The Morgan fingerprint density at radius 2 is 1.92 bits per heavy atom. The van der Waals surface area contributed by atoms with Crippen molar-refractivity contribution in [2.75, 3.05) is 13.1 Å². The molecule has 0 fully saturated rings. The molecule has 0 radical (unpaired) electrons. The van der Waals surface area contributed by atoms with Crippen molar-refractivity contribution >= 4 is 11.8 Å². The van der Waals surface area contributed by atoms with E-state index in [1.54, 1.807) is 0 Å². The molecule has 2 amide bonds. The molecule has 0 aromatic rings. The molecule has 66 valence electrons. The Hall–Kier alpha value is -1.20. The highest BCUT2D eigenvalue weighted by molar-refractivity contribution is 6.12. The zero-order valence-corrected chi connectivity index (χ0v) is 6.62. The van der Waals surface area contributed by atoms with E-state index in [1.165, 1.54) is 17.1 Å². The maximum Gasteiger partial charge on any atom is 0.253 e. The molecule has 3 N–H and O–H groups in total. The van der Waals surface area contributed by atoms with Crippen LogP contribution in [0.15, 0.2) is 12.2 Å². The molecular weight excluding hydrogens is 158 g/mol. The third-order valence-electron chi connectivity index (χ3n) is 1.60. The van der Waals surface area contributed by atoms with E-state index in [9.17, 15) is 9.59 Å². The maximum absolute atomic E-state index is 10.9. The maximum atomic E-state index is 10.9. The molecule has 0 spiro atoms. The van der Waals surface area contributed by atoms with Gasteiger partial charge >= 0.3 is 0 Å². The van der Waals surface area contributed by atoms with Gasteiger partial charge in [0.05, 0.1) is 0 Å². The molecule has 0 aliphatic carbocycles. The SMILES string of the molecule is NNCCCN1C(=O)C=CC1=O. The first-order chi connectivity index (χ1) is 5.75. The first kappa shape index (κ1) is 8.89. The molecule has 0 unspecified atom stereocenters. The van der Waals surface area contributed by atoms with E-state index in [0.29, 0.717) is 19.5 Å². The van der Waals surface area contributed by atoms with E-state index in [1.807, 2.05) is 0 Å². The van der Waals surface area contributed by atoms with Crippen LogP contribution in [-0.2, 0) is 9.59 Å². The van der Waals surface area contributed by atoms with Crippen LogP contribution in [0.5, 0.6) is 0 Å². The van der Waals surface area contributed by atoms with Crippen LogP contribution in [-0.4, -0.2) is 29.8 Å². The summed E-state index contributed by atoms with van der Waals surface area (Å²) < 4.78 is 0. The Bertz CT molecular complexity index is 207. The summed E-state index contributed by atoms with van der Waals surface area (Å²) in [5.74, 6) is 4.55. The largest absolute Gasteiger partial charge is 0.275 e. The smallest absolute Gasteiger partial charge is 0.253 e. The fourth-order valence-electron chi connectivity index (χ4n) is 0.991. The van der Waals surface area contributed by atoms with Gasteiger partial charge in [-0.2, -0.15) is 0 Å². The summed E-state index contributed by atoms with van der Waals surface area (Å²) in [5.41, 5.74) is 2.45. The van der Waals surface area contributed by atoms with Gasteiger partial charge in [0.2, 0.25) is 0 Å². The summed E-state index contributed by atoms with van der Waals surface area (Å²) in [7, 11) is 0. The van der Waals surface area contributed by atoms with Crippen LogP contribution in [0.3, 0.4) is 0 Å². The van der Waals surface area contributed by atoms with Crippen LogP contribution in [0.4, 0.5) is 0 Å². The van der Waals surface area contributed by atoms with Crippen molar-refractivity contribution < 1.29 is 9.59 Å². The second-order valence-electron chi connectivity index (χ2n) is 2.47. The molecule has 0 saturated heterocycles. The molecule has 1 rings (SSSR count). The van der Waals surface area contributed by atoms with Crippen molar-refractivity contribution in [2.24, 2.45) is 5.84 Å². The minimum atomic E-state index is -0.239. The second-order valence-corrected chi connectivity index (χ2v) is 2.47. The highest BCUT2D eigenvalue weighted by Crippen LogP contribution is 2.03. The average Bonchev–Trinajstić information content (AvgIpc) is 2.35. The number of rotatable bonds is 4. The summed E-state index contributed by atoms with van der Waals surface area (Å²) in [4.78, 5) is 23.1. The highest BCUT2D eigenvalue weighted by atomic mass is 16.2. The number of nitrogens with zero attached hydrogens (tertiary/aromatic N) is 1. The topological polar surface area (TPSA) is 75.4 Å². The number of carbonyl (C=O) groups is 2. The molecule has 1 aliphatic rings. The number of hydrogen-bond donors (Lipinski definition) is 2. The van der Waals surface area contributed by atoms with Gasteiger partial charge in [0, 0.05) is 25.2 Å². The van der Waals surface area contributed by atoms with Gasteiger partial charge in [-0.3, -0.25) is 25.8 Å². The summed E-state index contributed by atoms with van der Waals surface area (Å²) in [6, 6.07) is 0. The van der Waals surface area contributed by atoms with E-state index >= 15 is 0 Å². The van der Waals surface area contributed by atoms with Crippen LogP contribution in [0.1, 0.15) is 6.42 Å². The number of amides is 2. The number of hydrogen-bond acceptors (Lipinski definition) is 4. The lowest BCUT2D eigenvalue weighted by atomic mass is 10.4. The highest BCUT2D eigenvalue weighted by Gasteiger charge is 2.21. The van der Waals surface area contributed by atoms with Crippen LogP contribution in [0.25, 0.3) is 0 Å². The molecule has 0 bridgehead atoms.